The number of rotatable bonds is 5. The van der Waals surface area contributed by atoms with Gasteiger partial charge in [0, 0.05) is 61.4 Å². The van der Waals surface area contributed by atoms with Crippen LogP contribution in [0.4, 0.5) is 0 Å². The molecule has 1 unspecified atom stereocenters. The molecule has 0 N–H and O–H groups in total. The number of carbonyl (C=O) groups excluding carboxylic acids is 1. The van der Waals surface area contributed by atoms with E-state index in [1.807, 2.05) is 23.5 Å². The van der Waals surface area contributed by atoms with Gasteiger partial charge >= 0.3 is 0 Å². The highest BCUT2D eigenvalue weighted by molar-refractivity contribution is 7.11. The van der Waals surface area contributed by atoms with Crippen molar-refractivity contribution < 1.29 is 4.79 Å². The number of piperidine rings is 1. The van der Waals surface area contributed by atoms with Gasteiger partial charge in [0.2, 0.25) is 5.91 Å². The average molecular weight is 347 g/mol. The lowest BCUT2D eigenvalue weighted by Crippen LogP contribution is -2.39. The van der Waals surface area contributed by atoms with Crippen LogP contribution in [0.3, 0.4) is 0 Å². The van der Waals surface area contributed by atoms with Crippen LogP contribution in [-0.2, 0) is 11.3 Å². The fourth-order valence-corrected chi connectivity index (χ4v) is 4.25. The number of amides is 1. The lowest BCUT2D eigenvalue weighted by molar-refractivity contribution is -0.132. The van der Waals surface area contributed by atoms with Gasteiger partial charge in [-0.25, -0.2) is 9.97 Å². The normalized spacial score (nSPS) is 18.3. The Morgan fingerprint density at radius 3 is 2.96 bits per heavy atom. The molecule has 3 rings (SSSR count). The first kappa shape index (κ1) is 17.1. The van der Waals surface area contributed by atoms with E-state index >= 15 is 0 Å². The molecule has 0 saturated carbocycles. The van der Waals surface area contributed by atoms with Gasteiger partial charge in [-0.1, -0.05) is 13.8 Å². The van der Waals surface area contributed by atoms with E-state index in [9.17, 15) is 4.79 Å². The van der Waals surface area contributed by atoms with E-state index in [2.05, 4.69) is 35.3 Å². The average Bonchev–Trinajstić information content (AvgIpc) is 3.21. The number of likely N-dealkylation sites (tertiary alicyclic amines) is 1. The Morgan fingerprint density at radius 1 is 1.42 bits per heavy atom. The molecule has 0 radical (unpaired) electrons. The molecule has 2 aromatic heterocycles. The van der Waals surface area contributed by atoms with Crippen molar-refractivity contribution in [3.63, 3.8) is 0 Å². The molecule has 1 fully saturated rings. The second kappa shape index (κ2) is 7.47. The second-order valence-electron chi connectivity index (χ2n) is 6.87. The molecule has 1 atom stereocenters. The van der Waals surface area contributed by atoms with Crippen molar-refractivity contribution in [2.75, 3.05) is 13.1 Å². The number of aryl methyl sites for hydroxylation is 2. The number of hydrogen-bond donors (Lipinski definition) is 0. The largest absolute Gasteiger partial charge is 0.342 e. The van der Waals surface area contributed by atoms with Crippen LogP contribution in [0.5, 0.6) is 0 Å². The maximum absolute atomic E-state index is 12.6. The third kappa shape index (κ3) is 3.86. The molecule has 1 saturated heterocycles. The minimum atomic E-state index is 0.247. The van der Waals surface area contributed by atoms with Crippen LogP contribution < -0.4 is 0 Å². The smallest absolute Gasteiger partial charge is 0.224 e. The summed E-state index contributed by atoms with van der Waals surface area (Å²) in [7, 11) is 0. The summed E-state index contributed by atoms with van der Waals surface area (Å²) < 4.78 is 2.11. The maximum Gasteiger partial charge on any atom is 0.224 e. The van der Waals surface area contributed by atoms with Crippen molar-refractivity contribution >= 4 is 17.2 Å². The number of thiazole rings is 1. The van der Waals surface area contributed by atoms with Crippen LogP contribution >= 0.6 is 11.3 Å². The molecule has 1 aliphatic rings. The summed E-state index contributed by atoms with van der Waals surface area (Å²) in [5.41, 5.74) is 0. The van der Waals surface area contributed by atoms with Crippen molar-refractivity contribution in [3.05, 3.63) is 34.3 Å². The van der Waals surface area contributed by atoms with E-state index in [-0.39, 0.29) is 5.91 Å². The zero-order valence-corrected chi connectivity index (χ0v) is 15.6. The molecule has 1 aliphatic heterocycles. The number of imidazole rings is 1. The second-order valence-corrected chi connectivity index (χ2v) is 8.14. The van der Waals surface area contributed by atoms with Gasteiger partial charge in [0.25, 0.3) is 0 Å². The Kier molecular flexibility index (Phi) is 5.33. The van der Waals surface area contributed by atoms with Gasteiger partial charge in [0.1, 0.15) is 5.82 Å². The van der Waals surface area contributed by atoms with Crippen LogP contribution in [0.1, 0.15) is 60.7 Å². The molecule has 0 aromatic carbocycles. The van der Waals surface area contributed by atoms with Crippen LogP contribution in [0, 0.1) is 6.92 Å². The molecule has 0 aliphatic carbocycles. The molecule has 1 amide bonds. The number of carbonyl (C=O) groups is 1. The molecule has 3 heterocycles. The molecule has 2 aromatic rings. The van der Waals surface area contributed by atoms with Gasteiger partial charge in [-0.2, -0.15) is 0 Å². The Balaban J connectivity index is 1.57. The molecule has 5 nitrogen and oxygen atoms in total. The Hall–Kier alpha value is -1.69. The quantitative estimate of drug-likeness (QED) is 0.832. The van der Waals surface area contributed by atoms with Crippen LogP contribution in [-0.4, -0.2) is 38.4 Å². The number of nitrogens with zero attached hydrogens (tertiary/aromatic N) is 4. The maximum atomic E-state index is 12.6. The molecule has 130 valence electrons. The van der Waals surface area contributed by atoms with E-state index in [0.717, 1.165) is 31.8 Å². The van der Waals surface area contributed by atoms with Gasteiger partial charge in [-0.3, -0.25) is 4.79 Å². The summed E-state index contributed by atoms with van der Waals surface area (Å²) in [5.74, 6) is 2.08. The van der Waals surface area contributed by atoms with Crippen LogP contribution in [0.2, 0.25) is 0 Å². The number of aromatic nitrogens is 3. The monoisotopic (exact) mass is 346 g/mol. The van der Waals surface area contributed by atoms with E-state index < -0.39 is 0 Å². The summed E-state index contributed by atoms with van der Waals surface area (Å²) in [6.07, 6.45) is 8.47. The third-order valence-electron chi connectivity index (χ3n) is 4.59. The molecule has 0 bridgehead atoms. The lowest BCUT2D eigenvalue weighted by Gasteiger charge is -2.32. The van der Waals surface area contributed by atoms with Gasteiger partial charge in [0.15, 0.2) is 0 Å². The third-order valence-corrected chi connectivity index (χ3v) is 5.67. The van der Waals surface area contributed by atoms with Gasteiger partial charge in [-0.05, 0) is 19.8 Å². The van der Waals surface area contributed by atoms with Gasteiger partial charge < -0.3 is 9.47 Å². The highest BCUT2D eigenvalue weighted by Crippen LogP contribution is 2.30. The SMILES string of the molecule is Cc1cnc(C2CCCN(C(=O)CCn3ccnc3C(C)C)C2)s1. The Labute approximate surface area is 147 Å². The summed E-state index contributed by atoms with van der Waals surface area (Å²) >= 11 is 1.76. The van der Waals surface area contributed by atoms with E-state index in [0.29, 0.717) is 24.8 Å². The summed E-state index contributed by atoms with van der Waals surface area (Å²) in [6, 6.07) is 0. The summed E-state index contributed by atoms with van der Waals surface area (Å²) in [5, 5.41) is 1.18. The molecular formula is C18H26N4OS. The van der Waals surface area contributed by atoms with Crippen LogP contribution in [0.15, 0.2) is 18.6 Å². The minimum absolute atomic E-state index is 0.247. The fourth-order valence-electron chi connectivity index (χ4n) is 3.35. The minimum Gasteiger partial charge on any atom is -0.342 e. The molecular weight excluding hydrogens is 320 g/mol. The van der Waals surface area contributed by atoms with Crippen molar-refractivity contribution in [1.82, 2.24) is 19.4 Å². The Morgan fingerprint density at radius 2 is 2.25 bits per heavy atom. The van der Waals surface area contributed by atoms with E-state index in [1.54, 1.807) is 11.3 Å². The molecule has 6 heteroatoms. The van der Waals surface area contributed by atoms with Crippen molar-refractivity contribution in [3.8, 4) is 0 Å². The zero-order chi connectivity index (χ0) is 17.1. The highest BCUT2D eigenvalue weighted by atomic mass is 32.1. The fraction of sp³-hybridized carbons (Fsp3) is 0.611. The predicted octanol–water partition coefficient (Wildman–Crippen LogP) is 3.57. The van der Waals surface area contributed by atoms with Crippen molar-refractivity contribution in [1.29, 1.82) is 0 Å². The Bertz CT molecular complexity index is 691. The van der Waals surface area contributed by atoms with Crippen LogP contribution in [0.25, 0.3) is 0 Å². The zero-order valence-electron chi connectivity index (χ0n) is 14.7. The van der Waals surface area contributed by atoms with Gasteiger partial charge in [-0.15, -0.1) is 11.3 Å². The van der Waals surface area contributed by atoms with Crippen molar-refractivity contribution in [2.45, 2.75) is 58.4 Å². The highest BCUT2D eigenvalue weighted by Gasteiger charge is 2.26. The number of hydrogen-bond acceptors (Lipinski definition) is 4. The van der Waals surface area contributed by atoms with Gasteiger partial charge in [0.05, 0.1) is 5.01 Å². The topological polar surface area (TPSA) is 51.0 Å². The first-order valence-corrected chi connectivity index (χ1v) is 9.57. The predicted molar refractivity (Wildman–Crippen MR) is 96.3 cm³/mol. The lowest BCUT2D eigenvalue weighted by atomic mass is 9.98. The first-order chi connectivity index (χ1) is 11.5. The summed E-state index contributed by atoms with van der Waals surface area (Å²) in [4.78, 5) is 24.8. The molecule has 24 heavy (non-hydrogen) atoms. The van der Waals surface area contributed by atoms with Crippen molar-refractivity contribution in [2.24, 2.45) is 0 Å². The molecule has 0 spiro atoms. The first-order valence-electron chi connectivity index (χ1n) is 8.75. The summed E-state index contributed by atoms with van der Waals surface area (Å²) in [6.45, 7) is 8.75. The van der Waals surface area contributed by atoms with E-state index in [1.165, 1.54) is 9.88 Å². The standard InChI is InChI=1S/C18H26N4OS/c1-13(2)17-19-7-10-21(17)9-6-16(23)22-8-4-5-15(12-22)18-20-11-14(3)24-18/h7,10-11,13,15H,4-6,8-9,12H2,1-3H3. The van der Waals surface area contributed by atoms with E-state index in [4.69, 9.17) is 0 Å².